The average molecular weight is 551 g/mol. The molecule has 0 atom stereocenters. The number of alkyl halides is 3. The molecule has 0 spiro atoms. The molecule has 0 unspecified atom stereocenters. The molecule has 4 aromatic rings. The predicted octanol–water partition coefficient (Wildman–Crippen LogP) is 5.40. The van der Waals surface area contributed by atoms with E-state index >= 15 is 0 Å². The van der Waals surface area contributed by atoms with Crippen molar-refractivity contribution in [2.24, 2.45) is 0 Å². The highest BCUT2D eigenvalue weighted by atomic mass is 19.4. The van der Waals surface area contributed by atoms with Crippen LogP contribution in [-0.4, -0.2) is 70.1 Å². The van der Waals surface area contributed by atoms with Crippen LogP contribution in [-0.2, 0) is 12.7 Å². The number of ether oxygens (including phenoxy) is 1. The number of benzene rings is 2. The van der Waals surface area contributed by atoms with Crippen molar-refractivity contribution in [3.05, 3.63) is 71.2 Å². The van der Waals surface area contributed by atoms with Crippen LogP contribution < -0.4 is 9.64 Å². The molecular formula is C29H29F3N6O2. The summed E-state index contributed by atoms with van der Waals surface area (Å²) in [6.07, 6.45) is -3.57. The van der Waals surface area contributed by atoms with Gasteiger partial charge in [0.05, 0.1) is 29.7 Å². The number of amides is 2. The van der Waals surface area contributed by atoms with E-state index < -0.39 is 11.7 Å². The maximum atomic E-state index is 13.5. The Hall–Kier alpha value is -4.28. The highest BCUT2D eigenvalue weighted by Crippen LogP contribution is 2.34. The Labute approximate surface area is 229 Å². The standard InChI is InChI=1S/C29H29F3N6O2/c1-18-13-21(20-3-5-24-25(15-20)35-19(2)34-24)14-22-17-38(11-12-40-27(18)22)28(39)37-9-7-36(8-10-37)26-6-4-23(16-33-26)29(30,31)32/h3-6,13-16H,7-12,17H2,1-2H3,(H,34,35). The number of nitrogens with one attached hydrogen (secondary N) is 1. The first kappa shape index (κ1) is 26.0. The molecule has 2 aromatic carbocycles. The summed E-state index contributed by atoms with van der Waals surface area (Å²) in [7, 11) is 0. The number of hydrogen-bond donors (Lipinski definition) is 1. The van der Waals surface area contributed by atoms with Crippen molar-refractivity contribution < 1.29 is 22.7 Å². The Morgan fingerprint density at radius 1 is 0.950 bits per heavy atom. The normalized spacial score (nSPS) is 16.1. The number of fused-ring (bicyclic) bond motifs is 2. The first-order valence-corrected chi connectivity index (χ1v) is 13.2. The number of rotatable bonds is 2. The summed E-state index contributed by atoms with van der Waals surface area (Å²) in [5.74, 6) is 2.16. The van der Waals surface area contributed by atoms with Crippen LogP contribution in [0.3, 0.4) is 0 Å². The lowest BCUT2D eigenvalue weighted by Crippen LogP contribution is -2.53. The zero-order chi connectivity index (χ0) is 28.0. The molecule has 2 aliphatic heterocycles. The third-order valence-corrected chi connectivity index (χ3v) is 7.47. The van der Waals surface area contributed by atoms with Crippen molar-refractivity contribution in [2.45, 2.75) is 26.6 Å². The summed E-state index contributed by atoms with van der Waals surface area (Å²) >= 11 is 0. The average Bonchev–Trinajstić information content (AvgIpc) is 3.17. The number of aryl methyl sites for hydroxylation is 2. The fourth-order valence-corrected chi connectivity index (χ4v) is 5.43. The summed E-state index contributed by atoms with van der Waals surface area (Å²) in [4.78, 5) is 30.8. The number of urea groups is 1. The minimum atomic E-state index is -4.42. The minimum Gasteiger partial charge on any atom is -0.491 e. The first-order valence-electron chi connectivity index (χ1n) is 13.2. The van der Waals surface area contributed by atoms with Crippen LogP contribution in [0.5, 0.6) is 5.75 Å². The summed E-state index contributed by atoms with van der Waals surface area (Å²) in [6, 6.07) is 12.7. The Kier molecular flexibility index (Phi) is 6.52. The molecule has 1 fully saturated rings. The lowest BCUT2D eigenvalue weighted by Gasteiger charge is -2.37. The van der Waals surface area contributed by atoms with Gasteiger partial charge in [-0.15, -0.1) is 0 Å². The molecule has 0 saturated carbocycles. The fraction of sp³-hybridized carbons (Fsp3) is 0.345. The summed E-state index contributed by atoms with van der Waals surface area (Å²) in [5, 5.41) is 0. The van der Waals surface area contributed by atoms with Crippen LogP contribution in [0.4, 0.5) is 23.8 Å². The van der Waals surface area contributed by atoms with Gasteiger partial charge in [-0.3, -0.25) is 0 Å². The molecular weight excluding hydrogens is 521 g/mol. The number of nitrogens with zero attached hydrogens (tertiary/aromatic N) is 5. The molecule has 0 radical (unpaired) electrons. The third kappa shape index (κ3) is 5.03. The number of anilines is 1. The molecule has 40 heavy (non-hydrogen) atoms. The van der Waals surface area contributed by atoms with Crippen molar-refractivity contribution in [1.82, 2.24) is 24.8 Å². The van der Waals surface area contributed by atoms with Crippen molar-refractivity contribution >= 4 is 22.9 Å². The van der Waals surface area contributed by atoms with Crippen LogP contribution >= 0.6 is 0 Å². The minimum absolute atomic E-state index is 0.0751. The van der Waals surface area contributed by atoms with E-state index in [0.29, 0.717) is 51.7 Å². The van der Waals surface area contributed by atoms with E-state index in [1.54, 1.807) is 4.90 Å². The molecule has 1 saturated heterocycles. The topological polar surface area (TPSA) is 77.6 Å². The van der Waals surface area contributed by atoms with E-state index in [1.807, 2.05) is 29.7 Å². The molecule has 1 N–H and O–H groups in total. The maximum absolute atomic E-state index is 13.5. The molecule has 4 heterocycles. The van der Waals surface area contributed by atoms with Crippen LogP contribution in [0.1, 0.15) is 22.5 Å². The van der Waals surface area contributed by atoms with Gasteiger partial charge in [0.1, 0.15) is 24.0 Å². The molecule has 0 aliphatic carbocycles. The number of hydrogen-bond acceptors (Lipinski definition) is 5. The molecule has 11 heteroatoms. The van der Waals surface area contributed by atoms with Crippen LogP contribution in [0.15, 0.2) is 48.7 Å². The van der Waals surface area contributed by atoms with E-state index in [-0.39, 0.29) is 6.03 Å². The third-order valence-electron chi connectivity index (χ3n) is 7.47. The Morgan fingerprint density at radius 2 is 1.75 bits per heavy atom. The highest BCUT2D eigenvalue weighted by Gasteiger charge is 2.32. The second kappa shape index (κ2) is 10.0. The van der Waals surface area contributed by atoms with Gasteiger partial charge in [0, 0.05) is 37.9 Å². The van der Waals surface area contributed by atoms with Gasteiger partial charge < -0.3 is 24.4 Å². The summed E-state index contributed by atoms with van der Waals surface area (Å²) < 4.78 is 44.7. The quantitative estimate of drug-likeness (QED) is 0.362. The van der Waals surface area contributed by atoms with Gasteiger partial charge in [0.2, 0.25) is 0 Å². The number of H-pyrrole nitrogens is 1. The number of imidazole rings is 1. The number of aromatic amines is 1. The van der Waals surface area contributed by atoms with Gasteiger partial charge in [-0.05, 0) is 66.9 Å². The monoisotopic (exact) mass is 550 g/mol. The van der Waals surface area contributed by atoms with Crippen molar-refractivity contribution in [2.75, 3.05) is 44.2 Å². The molecule has 208 valence electrons. The SMILES string of the molecule is Cc1nc2ccc(-c3cc(C)c4c(c3)CN(C(=O)N3CCN(c5ccc(C(F)(F)F)cn5)CC3)CCO4)cc2[nH]1. The van der Waals surface area contributed by atoms with Crippen molar-refractivity contribution in [1.29, 1.82) is 0 Å². The molecule has 2 aliphatic rings. The van der Waals surface area contributed by atoms with Gasteiger partial charge in [-0.25, -0.2) is 14.8 Å². The van der Waals surface area contributed by atoms with Crippen molar-refractivity contribution in [3.63, 3.8) is 0 Å². The second-order valence-electron chi connectivity index (χ2n) is 10.3. The Balaban J connectivity index is 1.16. The lowest BCUT2D eigenvalue weighted by atomic mass is 9.98. The van der Waals surface area contributed by atoms with Crippen LogP contribution in [0.2, 0.25) is 0 Å². The van der Waals surface area contributed by atoms with E-state index in [1.165, 1.54) is 6.07 Å². The number of carbonyl (C=O) groups excluding carboxylic acids is 1. The number of carbonyl (C=O) groups is 1. The fourth-order valence-electron chi connectivity index (χ4n) is 5.43. The number of aromatic nitrogens is 3. The van der Waals surface area contributed by atoms with Crippen LogP contribution in [0.25, 0.3) is 22.2 Å². The number of piperazine rings is 1. The largest absolute Gasteiger partial charge is 0.491 e. The van der Waals surface area contributed by atoms with Gasteiger partial charge in [0.25, 0.3) is 0 Å². The predicted molar refractivity (Wildman–Crippen MR) is 145 cm³/mol. The van der Waals surface area contributed by atoms with Crippen molar-refractivity contribution in [3.8, 4) is 16.9 Å². The van der Waals surface area contributed by atoms with Crippen LogP contribution in [0, 0.1) is 13.8 Å². The summed E-state index contributed by atoms with van der Waals surface area (Å²) in [5.41, 5.74) is 5.18. The van der Waals surface area contributed by atoms with Gasteiger partial charge in [-0.1, -0.05) is 6.07 Å². The second-order valence-corrected chi connectivity index (χ2v) is 10.3. The number of halogens is 3. The zero-order valence-electron chi connectivity index (χ0n) is 22.3. The zero-order valence-corrected chi connectivity index (χ0v) is 22.3. The molecule has 8 nitrogen and oxygen atoms in total. The van der Waals surface area contributed by atoms with E-state index in [4.69, 9.17) is 4.74 Å². The molecule has 2 aromatic heterocycles. The van der Waals surface area contributed by atoms with E-state index in [2.05, 4.69) is 39.2 Å². The summed E-state index contributed by atoms with van der Waals surface area (Å²) in [6.45, 7) is 7.12. The lowest BCUT2D eigenvalue weighted by molar-refractivity contribution is -0.137. The van der Waals surface area contributed by atoms with Gasteiger partial charge in [-0.2, -0.15) is 13.2 Å². The Bertz CT molecular complexity index is 1560. The smallest absolute Gasteiger partial charge is 0.417 e. The first-order chi connectivity index (χ1) is 19.2. The van der Waals surface area contributed by atoms with E-state index in [9.17, 15) is 18.0 Å². The maximum Gasteiger partial charge on any atom is 0.417 e. The highest BCUT2D eigenvalue weighted by molar-refractivity contribution is 5.82. The molecule has 2 amide bonds. The van der Waals surface area contributed by atoms with Gasteiger partial charge in [0.15, 0.2) is 0 Å². The van der Waals surface area contributed by atoms with E-state index in [0.717, 1.165) is 57.1 Å². The number of pyridine rings is 1. The molecule has 6 rings (SSSR count). The molecule has 0 bridgehead atoms. The Morgan fingerprint density at radius 3 is 2.48 bits per heavy atom. The van der Waals surface area contributed by atoms with Gasteiger partial charge >= 0.3 is 12.2 Å².